The Kier molecular flexibility index (Phi) is 3.13. The number of oxime groups is 1. The third-order valence-corrected chi connectivity index (χ3v) is 2.18. The van der Waals surface area contributed by atoms with Crippen LogP contribution in [0.25, 0.3) is 0 Å². The van der Waals surface area contributed by atoms with Gasteiger partial charge in [-0.05, 0) is 28.1 Å². The van der Waals surface area contributed by atoms with Gasteiger partial charge < -0.3 is 15.1 Å². The Morgan fingerprint density at radius 2 is 2.23 bits per heavy atom. The highest BCUT2D eigenvalue weighted by Gasteiger charge is 2.06. The molecule has 0 saturated heterocycles. The quantitative estimate of drug-likeness (QED) is 0.476. The second-order valence-electron chi connectivity index (χ2n) is 2.29. The smallest absolute Gasteiger partial charge is 0.161 e. The monoisotopic (exact) mass is 245 g/mol. The topological polar surface area (TPSA) is 62.0 Å². The predicted octanol–water partition coefficient (Wildman–Crippen LogP) is 1.97. The molecular weight excluding hydrogens is 238 g/mol. The lowest BCUT2D eigenvalue weighted by molar-refractivity contribution is 0.321. The third kappa shape index (κ3) is 2.12. The maximum absolute atomic E-state index is 9.32. The zero-order valence-electron chi connectivity index (χ0n) is 6.86. The van der Waals surface area contributed by atoms with Crippen LogP contribution >= 0.6 is 15.9 Å². The fourth-order valence-corrected chi connectivity index (χ4v) is 1.32. The molecule has 0 radical (unpaired) electrons. The second kappa shape index (κ2) is 4.13. The van der Waals surface area contributed by atoms with Crippen LogP contribution in [-0.4, -0.2) is 23.6 Å². The summed E-state index contributed by atoms with van der Waals surface area (Å²) >= 11 is 3.19. The van der Waals surface area contributed by atoms with Crippen molar-refractivity contribution in [1.82, 2.24) is 0 Å². The summed E-state index contributed by atoms with van der Waals surface area (Å²) in [6.45, 7) is 0. The molecule has 0 aliphatic rings. The van der Waals surface area contributed by atoms with Gasteiger partial charge in [-0.1, -0.05) is 5.16 Å². The molecular formula is C8H8BrNO3. The van der Waals surface area contributed by atoms with Crippen molar-refractivity contribution in [2.45, 2.75) is 0 Å². The molecule has 0 bridgehead atoms. The number of rotatable bonds is 2. The number of nitrogens with zero attached hydrogens (tertiary/aromatic N) is 1. The summed E-state index contributed by atoms with van der Waals surface area (Å²) in [6.07, 6.45) is 1.24. The minimum atomic E-state index is 0.0319. The maximum Gasteiger partial charge on any atom is 0.161 e. The molecule has 1 rings (SSSR count). The van der Waals surface area contributed by atoms with Gasteiger partial charge in [-0.2, -0.15) is 0 Å². The molecule has 0 atom stereocenters. The molecule has 0 amide bonds. The normalized spacial score (nSPS) is 10.6. The van der Waals surface area contributed by atoms with Gasteiger partial charge in [0.2, 0.25) is 0 Å². The van der Waals surface area contributed by atoms with Gasteiger partial charge >= 0.3 is 0 Å². The van der Waals surface area contributed by atoms with Crippen LogP contribution in [0.1, 0.15) is 5.56 Å². The number of hydrogen-bond donors (Lipinski definition) is 2. The Labute approximate surface area is 83.6 Å². The average molecular weight is 246 g/mol. The lowest BCUT2D eigenvalue weighted by Crippen LogP contribution is -1.88. The number of ether oxygens (including phenoxy) is 1. The molecule has 1 aromatic carbocycles. The second-order valence-corrected chi connectivity index (χ2v) is 3.14. The SMILES string of the molecule is COc1cc(/C=N\O)c(Br)cc1O. The van der Waals surface area contributed by atoms with Crippen molar-refractivity contribution >= 4 is 22.1 Å². The van der Waals surface area contributed by atoms with E-state index in [-0.39, 0.29) is 5.75 Å². The van der Waals surface area contributed by atoms with Crippen molar-refractivity contribution in [1.29, 1.82) is 0 Å². The van der Waals surface area contributed by atoms with E-state index < -0.39 is 0 Å². The fourth-order valence-electron chi connectivity index (χ4n) is 0.883. The van der Waals surface area contributed by atoms with Crippen molar-refractivity contribution in [3.05, 3.63) is 22.2 Å². The van der Waals surface area contributed by atoms with E-state index in [0.29, 0.717) is 15.8 Å². The molecule has 0 aliphatic heterocycles. The van der Waals surface area contributed by atoms with E-state index in [1.807, 2.05) is 0 Å². The predicted molar refractivity (Wildman–Crippen MR) is 51.7 cm³/mol. The Morgan fingerprint density at radius 3 is 2.77 bits per heavy atom. The van der Waals surface area contributed by atoms with Crippen molar-refractivity contribution < 1.29 is 15.1 Å². The molecule has 0 saturated carbocycles. The van der Waals surface area contributed by atoms with Crippen LogP contribution in [0.5, 0.6) is 11.5 Å². The van der Waals surface area contributed by atoms with Gasteiger partial charge in [0, 0.05) is 10.0 Å². The molecule has 0 spiro atoms. The molecule has 0 aromatic heterocycles. The molecule has 5 heteroatoms. The Balaban J connectivity index is 3.22. The van der Waals surface area contributed by atoms with Crippen LogP contribution in [0.4, 0.5) is 0 Å². The minimum absolute atomic E-state index is 0.0319. The van der Waals surface area contributed by atoms with Gasteiger partial charge in [-0.15, -0.1) is 0 Å². The Hall–Kier alpha value is -1.23. The summed E-state index contributed by atoms with van der Waals surface area (Å²) in [5.41, 5.74) is 0.622. The number of aromatic hydroxyl groups is 1. The first-order chi connectivity index (χ1) is 6.19. The summed E-state index contributed by atoms with van der Waals surface area (Å²) in [7, 11) is 1.45. The number of phenols is 1. The lowest BCUT2D eigenvalue weighted by atomic mass is 10.2. The molecule has 0 unspecified atom stereocenters. The summed E-state index contributed by atoms with van der Waals surface area (Å²) in [6, 6.07) is 3.02. The number of phenolic OH excluding ortho intramolecular Hbond substituents is 1. The van der Waals surface area contributed by atoms with Crippen molar-refractivity contribution in [2.75, 3.05) is 7.11 Å². The number of methoxy groups -OCH3 is 1. The Morgan fingerprint density at radius 1 is 1.54 bits per heavy atom. The van der Waals surface area contributed by atoms with E-state index in [9.17, 15) is 5.11 Å². The number of halogens is 1. The highest BCUT2D eigenvalue weighted by molar-refractivity contribution is 9.10. The van der Waals surface area contributed by atoms with Crippen molar-refractivity contribution in [3.63, 3.8) is 0 Å². The van der Waals surface area contributed by atoms with E-state index in [4.69, 9.17) is 9.94 Å². The van der Waals surface area contributed by atoms with Crippen molar-refractivity contribution in [3.8, 4) is 11.5 Å². The summed E-state index contributed by atoms with van der Waals surface area (Å²) in [4.78, 5) is 0. The molecule has 2 N–H and O–H groups in total. The van der Waals surface area contributed by atoms with Gasteiger partial charge in [0.25, 0.3) is 0 Å². The van der Waals surface area contributed by atoms with Crippen LogP contribution in [0, 0.1) is 0 Å². The van der Waals surface area contributed by atoms with Crippen LogP contribution in [0.2, 0.25) is 0 Å². The van der Waals surface area contributed by atoms with Gasteiger partial charge in [0.05, 0.1) is 13.3 Å². The zero-order chi connectivity index (χ0) is 9.84. The highest BCUT2D eigenvalue weighted by atomic mass is 79.9. The van der Waals surface area contributed by atoms with Crippen LogP contribution < -0.4 is 4.74 Å². The van der Waals surface area contributed by atoms with Crippen LogP contribution in [-0.2, 0) is 0 Å². The van der Waals surface area contributed by atoms with E-state index in [1.165, 1.54) is 19.4 Å². The van der Waals surface area contributed by atoms with E-state index >= 15 is 0 Å². The minimum Gasteiger partial charge on any atom is -0.504 e. The molecule has 70 valence electrons. The van der Waals surface area contributed by atoms with Gasteiger partial charge in [0.15, 0.2) is 11.5 Å². The molecule has 0 heterocycles. The van der Waals surface area contributed by atoms with E-state index in [0.717, 1.165) is 0 Å². The molecule has 4 nitrogen and oxygen atoms in total. The van der Waals surface area contributed by atoms with Crippen LogP contribution in [0.15, 0.2) is 21.8 Å². The van der Waals surface area contributed by atoms with Gasteiger partial charge in [0.1, 0.15) is 0 Å². The third-order valence-electron chi connectivity index (χ3n) is 1.49. The molecule has 1 aromatic rings. The fraction of sp³-hybridized carbons (Fsp3) is 0.125. The average Bonchev–Trinajstić information content (AvgIpc) is 2.10. The first kappa shape index (κ1) is 9.85. The maximum atomic E-state index is 9.32. The summed E-state index contributed by atoms with van der Waals surface area (Å²) in [5.74, 6) is 0.363. The first-order valence-electron chi connectivity index (χ1n) is 3.43. The van der Waals surface area contributed by atoms with Gasteiger partial charge in [-0.25, -0.2) is 0 Å². The number of benzene rings is 1. The lowest BCUT2D eigenvalue weighted by Gasteiger charge is -2.05. The van der Waals surface area contributed by atoms with E-state index in [1.54, 1.807) is 6.07 Å². The van der Waals surface area contributed by atoms with E-state index in [2.05, 4.69) is 21.1 Å². The molecule has 0 fully saturated rings. The number of hydrogen-bond acceptors (Lipinski definition) is 4. The highest BCUT2D eigenvalue weighted by Crippen LogP contribution is 2.31. The van der Waals surface area contributed by atoms with Crippen LogP contribution in [0.3, 0.4) is 0 Å². The van der Waals surface area contributed by atoms with Gasteiger partial charge in [-0.3, -0.25) is 0 Å². The summed E-state index contributed by atoms with van der Waals surface area (Å²) < 4.78 is 5.50. The largest absolute Gasteiger partial charge is 0.504 e. The Bertz CT molecular complexity index is 338. The zero-order valence-corrected chi connectivity index (χ0v) is 8.45. The standard InChI is InChI=1S/C8H8BrNO3/c1-13-8-2-5(4-10-12)6(9)3-7(8)11/h2-4,11-12H,1H3/b10-4-. The molecule has 13 heavy (non-hydrogen) atoms. The molecule has 0 aliphatic carbocycles. The first-order valence-corrected chi connectivity index (χ1v) is 4.22. The summed E-state index contributed by atoms with van der Waals surface area (Å²) in [5, 5.41) is 20.5. The van der Waals surface area contributed by atoms with Crippen molar-refractivity contribution in [2.24, 2.45) is 5.16 Å².